The molecule has 0 bridgehead atoms. The number of primary sulfonamides is 1. The summed E-state index contributed by atoms with van der Waals surface area (Å²) >= 11 is 0. The van der Waals surface area contributed by atoms with Gasteiger partial charge in [-0.25, -0.2) is 13.6 Å². The third kappa shape index (κ3) is 1.92. The van der Waals surface area contributed by atoms with E-state index in [1.807, 2.05) is 6.07 Å². The van der Waals surface area contributed by atoms with Gasteiger partial charge in [-0.05, 0) is 24.0 Å². The van der Waals surface area contributed by atoms with Crippen molar-refractivity contribution in [2.24, 2.45) is 17.0 Å². The van der Waals surface area contributed by atoms with E-state index >= 15 is 0 Å². The third-order valence-corrected chi connectivity index (χ3v) is 4.58. The maximum absolute atomic E-state index is 11.4. The number of nitrogens with two attached hydrogens (primary N) is 1. The molecule has 92 valence electrons. The molecule has 0 amide bonds. The van der Waals surface area contributed by atoms with Gasteiger partial charge in [0.15, 0.2) is 0 Å². The molecule has 2 unspecified atom stereocenters. The maximum Gasteiger partial charge on any atom is 0.240 e. The Balaban J connectivity index is 1.84. The molecule has 2 aliphatic rings. The molecule has 1 aromatic carbocycles. The van der Waals surface area contributed by atoms with Crippen LogP contribution in [0.25, 0.3) is 0 Å². The summed E-state index contributed by atoms with van der Waals surface area (Å²) in [6.07, 6.45) is 0. The van der Waals surface area contributed by atoms with Crippen LogP contribution in [0.3, 0.4) is 0 Å². The number of fused-ring (bicyclic) bond motifs is 1. The topological polar surface area (TPSA) is 84.2 Å². The SMILES string of the molecule is NS(=O)(=O)c1ccccc1NC1C2CNCC21. The monoisotopic (exact) mass is 253 g/mol. The molecule has 1 saturated carbocycles. The van der Waals surface area contributed by atoms with Crippen LogP contribution in [0.1, 0.15) is 0 Å². The highest BCUT2D eigenvalue weighted by molar-refractivity contribution is 7.89. The van der Waals surface area contributed by atoms with E-state index in [9.17, 15) is 8.42 Å². The van der Waals surface area contributed by atoms with E-state index in [1.165, 1.54) is 6.07 Å². The average molecular weight is 253 g/mol. The van der Waals surface area contributed by atoms with Crippen LogP contribution in [-0.4, -0.2) is 27.5 Å². The summed E-state index contributed by atoms with van der Waals surface area (Å²) < 4.78 is 22.9. The van der Waals surface area contributed by atoms with Crippen molar-refractivity contribution in [2.75, 3.05) is 18.4 Å². The minimum Gasteiger partial charge on any atom is -0.381 e. The molecule has 4 N–H and O–H groups in total. The summed E-state index contributed by atoms with van der Waals surface area (Å²) in [5.41, 5.74) is 0.620. The number of piperidine rings is 1. The van der Waals surface area contributed by atoms with Gasteiger partial charge >= 0.3 is 0 Å². The second kappa shape index (κ2) is 3.69. The Bertz CT molecular complexity index is 533. The van der Waals surface area contributed by atoms with E-state index in [1.54, 1.807) is 12.1 Å². The molecule has 1 aliphatic heterocycles. The number of anilines is 1. The molecule has 2 fully saturated rings. The Morgan fingerprint density at radius 3 is 2.53 bits per heavy atom. The first-order valence-corrected chi connectivity index (χ1v) is 7.21. The minimum atomic E-state index is -3.65. The van der Waals surface area contributed by atoms with Crippen molar-refractivity contribution in [3.63, 3.8) is 0 Å². The van der Waals surface area contributed by atoms with E-state index < -0.39 is 10.0 Å². The van der Waals surface area contributed by atoms with Crippen LogP contribution in [0.4, 0.5) is 5.69 Å². The number of para-hydroxylation sites is 1. The van der Waals surface area contributed by atoms with Gasteiger partial charge in [0.25, 0.3) is 0 Å². The molecule has 0 aromatic heterocycles. The zero-order valence-electron chi connectivity index (χ0n) is 9.26. The highest BCUT2D eigenvalue weighted by Gasteiger charge is 2.53. The predicted molar refractivity (Wildman–Crippen MR) is 65.1 cm³/mol. The van der Waals surface area contributed by atoms with E-state index in [0.717, 1.165) is 13.1 Å². The lowest BCUT2D eigenvalue weighted by Crippen LogP contribution is -2.23. The molecule has 1 saturated heterocycles. The van der Waals surface area contributed by atoms with Gasteiger partial charge in [0.2, 0.25) is 10.0 Å². The van der Waals surface area contributed by atoms with Crippen molar-refractivity contribution < 1.29 is 8.42 Å². The van der Waals surface area contributed by atoms with Crippen LogP contribution in [0.5, 0.6) is 0 Å². The molecule has 0 spiro atoms. The predicted octanol–water partition coefficient (Wildman–Crippen LogP) is -0.0363. The van der Waals surface area contributed by atoms with Crippen molar-refractivity contribution in [3.05, 3.63) is 24.3 Å². The maximum atomic E-state index is 11.4. The standard InChI is InChI=1S/C11H15N3O2S/c12-17(15,16)10-4-2-1-3-9(10)14-11-7-5-13-6-8(7)11/h1-4,7-8,11,13-14H,5-6H2,(H2,12,15,16). The van der Waals surface area contributed by atoms with Crippen molar-refractivity contribution in [2.45, 2.75) is 10.9 Å². The lowest BCUT2D eigenvalue weighted by molar-refractivity contribution is 0.598. The molecule has 17 heavy (non-hydrogen) atoms. The first kappa shape index (κ1) is 11.0. The van der Waals surface area contributed by atoms with Gasteiger partial charge in [-0.1, -0.05) is 12.1 Å². The highest BCUT2D eigenvalue weighted by atomic mass is 32.2. The van der Waals surface area contributed by atoms with Crippen LogP contribution in [0.15, 0.2) is 29.2 Å². The minimum absolute atomic E-state index is 0.179. The number of nitrogens with one attached hydrogen (secondary N) is 2. The smallest absolute Gasteiger partial charge is 0.240 e. The molecule has 2 atom stereocenters. The van der Waals surface area contributed by atoms with E-state index in [-0.39, 0.29) is 4.90 Å². The molecular weight excluding hydrogens is 238 g/mol. The summed E-state index contributed by atoms with van der Waals surface area (Å²) in [4.78, 5) is 0.179. The normalized spacial score (nSPS) is 31.0. The summed E-state index contributed by atoms with van der Waals surface area (Å²) in [6, 6.07) is 7.18. The van der Waals surface area contributed by atoms with Gasteiger partial charge in [0.1, 0.15) is 4.90 Å². The molecular formula is C11H15N3O2S. The molecule has 3 rings (SSSR count). The first-order valence-electron chi connectivity index (χ1n) is 5.66. The van der Waals surface area contributed by atoms with Gasteiger partial charge in [-0.15, -0.1) is 0 Å². The third-order valence-electron chi connectivity index (χ3n) is 3.61. The van der Waals surface area contributed by atoms with Crippen LogP contribution >= 0.6 is 0 Å². The Morgan fingerprint density at radius 1 is 1.24 bits per heavy atom. The lowest BCUT2D eigenvalue weighted by Gasteiger charge is -2.12. The van der Waals surface area contributed by atoms with Gasteiger partial charge < -0.3 is 10.6 Å². The Hall–Kier alpha value is -1.11. The van der Waals surface area contributed by atoms with E-state index in [2.05, 4.69) is 10.6 Å². The van der Waals surface area contributed by atoms with Gasteiger partial charge in [-0.2, -0.15) is 0 Å². The molecule has 0 radical (unpaired) electrons. The number of hydrogen-bond acceptors (Lipinski definition) is 4. The summed E-state index contributed by atoms with van der Waals surface area (Å²) in [6.45, 7) is 2.03. The van der Waals surface area contributed by atoms with Crippen LogP contribution in [-0.2, 0) is 10.0 Å². The molecule has 5 nitrogen and oxygen atoms in total. The first-order chi connectivity index (χ1) is 8.07. The number of rotatable bonds is 3. The van der Waals surface area contributed by atoms with Gasteiger partial charge in [0.05, 0.1) is 5.69 Å². The quantitative estimate of drug-likeness (QED) is 0.706. The fourth-order valence-electron chi connectivity index (χ4n) is 2.65. The van der Waals surface area contributed by atoms with Crippen molar-refractivity contribution in [1.29, 1.82) is 0 Å². The molecule has 1 heterocycles. The number of hydrogen-bond donors (Lipinski definition) is 3. The lowest BCUT2D eigenvalue weighted by atomic mass is 10.3. The van der Waals surface area contributed by atoms with Crippen molar-refractivity contribution in [1.82, 2.24) is 5.32 Å². The zero-order valence-corrected chi connectivity index (χ0v) is 10.1. The van der Waals surface area contributed by atoms with Crippen molar-refractivity contribution >= 4 is 15.7 Å². The van der Waals surface area contributed by atoms with Gasteiger partial charge in [-0.3, -0.25) is 0 Å². The fraction of sp³-hybridized carbons (Fsp3) is 0.455. The van der Waals surface area contributed by atoms with E-state index in [4.69, 9.17) is 5.14 Å². The summed E-state index contributed by atoms with van der Waals surface area (Å²) in [5, 5.41) is 11.8. The second-order valence-corrected chi connectivity index (χ2v) is 6.23. The summed E-state index contributed by atoms with van der Waals surface area (Å²) in [7, 11) is -3.65. The molecule has 1 aliphatic carbocycles. The highest BCUT2D eigenvalue weighted by Crippen LogP contribution is 2.44. The molecule has 1 aromatic rings. The Labute approximate surface area is 100 Å². The van der Waals surface area contributed by atoms with Crippen LogP contribution in [0, 0.1) is 11.8 Å². The Morgan fingerprint density at radius 2 is 1.88 bits per heavy atom. The van der Waals surface area contributed by atoms with Crippen molar-refractivity contribution in [3.8, 4) is 0 Å². The van der Waals surface area contributed by atoms with Gasteiger partial charge in [0, 0.05) is 19.1 Å². The number of benzene rings is 1. The average Bonchev–Trinajstić information content (AvgIpc) is 2.74. The van der Waals surface area contributed by atoms with E-state index in [0.29, 0.717) is 23.6 Å². The van der Waals surface area contributed by atoms with Crippen LogP contribution in [0.2, 0.25) is 0 Å². The zero-order chi connectivity index (χ0) is 12.0. The molecule has 6 heteroatoms. The summed E-state index contributed by atoms with van der Waals surface area (Å²) in [5.74, 6) is 1.26. The second-order valence-electron chi connectivity index (χ2n) is 4.70. The largest absolute Gasteiger partial charge is 0.381 e. The Kier molecular flexibility index (Phi) is 2.39. The fourth-order valence-corrected chi connectivity index (χ4v) is 3.35. The van der Waals surface area contributed by atoms with Crippen LogP contribution < -0.4 is 15.8 Å². The number of sulfonamides is 1.